The molecule has 0 amide bonds. The number of alkyl halides is 1. The van der Waals surface area contributed by atoms with Crippen molar-refractivity contribution in [3.8, 4) is 0 Å². The Morgan fingerprint density at radius 3 is 2.07 bits per heavy atom. The topological polar surface area (TPSA) is 74.6 Å². The summed E-state index contributed by atoms with van der Waals surface area (Å²) in [7, 11) is 0. The zero-order chi connectivity index (χ0) is 11.4. The van der Waals surface area contributed by atoms with Gasteiger partial charge in [0.15, 0.2) is 5.41 Å². The molecule has 0 aliphatic heterocycles. The molecule has 0 saturated carbocycles. The van der Waals surface area contributed by atoms with Gasteiger partial charge in [-0.05, 0) is 26.2 Å². The summed E-state index contributed by atoms with van der Waals surface area (Å²) < 4.78 is 12.8. The van der Waals surface area contributed by atoms with E-state index in [0.29, 0.717) is 0 Å². The highest BCUT2D eigenvalue weighted by molar-refractivity contribution is 5.97. The van der Waals surface area contributed by atoms with Crippen LogP contribution in [0.1, 0.15) is 33.1 Å². The van der Waals surface area contributed by atoms with Crippen molar-refractivity contribution in [3.05, 3.63) is 0 Å². The third-order valence-corrected chi connectivity index (χ3v) is 2.34. The molecule has 1 atom stereocenters. The second-order valence-electron chi connectivity index (χ2n) is 3.49. The minimum absolute atomic E-state index is 0.0361. The van der Waals surface area contributed by atoms with E-state index in [0.717, 1.165) is 6.92 Å². The Bertz CT molecular complexity index is 213. The van der Waals surface area contributed by atoms with E-state index in [1.165, 1.54) is 0 Å². The first kappa shape index (κ1) is 12.9. The fourth-order valence-electron chi connectivity index (χ4n) is 0.955. The van der Waals surface area contributed by atoms with Gasteiger partial charge in [-0.15, -0.1) is 0 Å². The maximum atomic E-state index is 12.8. The van der Waals surface area contributed by atoms with Crippen LogP contribution >= 0.6 is 0 Å². The normalized spacial score (nSPS) is 13.6. The van der Waals surface area contributed by atoms with Crippen LogP contribution in [0.5, 0.6) is 0 Å². The summed E-state index contributed by atoms with van der Waals surface area (Å²) in [6.45, 7) is 2.73. The average Bonchev–Trinajstić information content (AvgIpc) is 2.12. The summed E-state index contributed by atoms with van der Waals surface area (Å²) in [5.41, 5.74) is -1.88. The molecule has 0 saturated heterocycles. The molecule has 0 rings (SSSR count). The summed E-state index contributed by atoms with van der Waals surface area (Å²) in [6.07, 6.45) is -1.08. The SMILES string of the molecule is CCC(F)CCC(C)(C(=O)O)C(=O)O. The van der Waals surface area contributed by atoms with Crippen molar-refractivity contribution >= 4 is 11.9 Å². The van der Waals surface area contributed by atoms with Gasteiger partial charge in [0, 0.05) is 0 Å². The lowest BCUT2D eigenvalue weighted by Crippen LogP contribution is -2.36. The van der Waals surface area contributed by atoms with E-state index in [9.17, 15) is 14.0 Å². The van der Waals surface area contributed by atoms with Gasteiger partial charge in [0.2, 0.25) is 0 Å². The molecule has 0 aromatic heterocycles. The number of hydrogen-bond donors (Lipinski definition) is 2. The number of aliphatic carboxylic acids is 2. The predicted octanol–water partition coefficient (Wildman–Crippen LogP) is 1.69. The van der Waals surface area contributed by atoms with Gasteiger partial charge in [-0.25, -0.2) is 4.39 Å². The van der Waals surface area contributed by atoms with E-state index in [1.54, 1.807) is 6.92 Å². The van der Waals surface area contributed by atoms with Crippen LogP contribution in [0.25, 0.3) is 0 Å². The number of carbonyl (C=O) groups is 2. The van der Waals surface area contributed by atoms with Gasteiger partial charge in [-0.2, -0.15) is 0 Å². The van der Waals surface area contributed by atoms with Crippen molar-refractivity contribution in [2.75, 3.05) is 0 Å². The lowest BCUT2D eigenvalue weighted by molar-refractivity contribution is -0.164. The monoisotopic (exact) mass is 206 g/mol. The minimum atomic E-state index is -1.88. The number of hydrogen-bond acceptors (Lipinski definition) is 2. The largest absolute Gasteiger partial charge is 0.480 e. The number of halogens is 1. The molecular formula is C9H15FO4. The van der Waals surface area contributed by atoms with E-state index in [2.05, 4.69) is 0 Å². The van der Waals surface area contributed by atoms with Gasteiger partial charge in [0.1, 0.15) is 0 Å². The van der Waals surface area contributed by atoms with Crippen LogP contribution in [0.3, 0.4) is 0 Å². The molecule has 14 heavy (non-hydrogen) atoms. The second kappa shape index (κ2) is 4.93. The average molecular weight is 206 g/mol. The Labute approximate surface area is 81.7 Å². The molecule has 0 bridgehead atoms. The molecule has 2 N–H and O–H groups in total. The van der Waals surface area contributed by atoms with Gasteiger partial charge in [-0.1, -0.05) is 6.92 Å². The van der Waals surface area contributed by atoms with Gasteiger partial charge >= 0.3 is 11.9 Å². The van der Waals surface area contributed by atoms with Crippen LogP contribution in [0.4, 0.5) is 4.39 Å². The minimum Gasteiger partial charge on any atom is -0.480 e. The highest BCUT2D eigenvalue weighted by atomic mass is 19.1. The van der Waals surface area contributed by atoms with Crippen LogP contribution < -0.4 is 0 Å². The highest BCUT2D eigenvalue weighted by Crippen LogP contribution is 2.26. The first-order valence-electron chi connectivity index (χ1n) is 4.45. The number of carboxylic acids is 2. The Kier molecular flexibility index (Phi) is 4.53. The van der Waals surface area contributed by atoms with E-state index < -0.39 is 23.5 Å². The molecule has 0 fully saturated rings. The molecule has 0 aliphatic rings. The molecule has 0 radical (unpaired) electrons. The molecular weight excluding hydrogens is 191 g/mol. The fourth-order valence-corrected chi connectivity index (χ4v) is 0.955. The Balaban J connectivity index is 4.40. The summed E-state index contributed by atoms with van der Waals surface area (Å²) in [5.74, 6) is -2.85. The van der Waals surface area contributed by atoms with Crippen LogP contribution in [0.15, 0.2) is 0 Å². The van der Waals surface area contributed by atoms with Gasteiger partial charge in [0.05, 0.1) is 6.17 Å². The fraction of sp³-hybridized carbons (Fsp3) is 0.778. The van der Waals surface area contributed by atoms with Gasteiger partial charge in [0.25, 0.3) is 0 Å². The van der Waals surface area contributed by atoms with Crippen LogP contribution in [0.2, 0.25) is 0 Å². The summed E-state index contributed by atoms with van der Waals surface area (Å²) in [4.78, 5) is 21.3. The molecule has 1 unspecified atom stereocenters. The van der Waals surface area contributed by atoms with E-state index in [1.807, 2.05) is 0 Å². The summed E-state index contributed by atoms with van der Waals surface area (Å²) >= 11 is 0. The Hall–Kier alpha value is -1.13. The van der Waals surface area contributed by atoms with Crippen LogP contribution in [0, 0.1) is 5.41 Å². The third kappa shape index (κ3) is 2.97. The number of rotatable bonds is 6. The maximum Gasteiger partial charge on any atom is 0.320 e. The van der Waals surface area contributed by atoms with Crippen molar-refractivity contribution in [2.24, 2.45) is 5.41 Å². The lowest BCUT2D eigenvalue weighted by atomic mass is 9.84. The van der Waals surface area contributed by atoms with E-state index >= 15 is 0 Å². The first-order valence-corrected chi connectivity index (χ1v) is 4.45. The van der Waals surface area contributed by atoms with Crippen LogP contribution in [-0.4, -0.2) is 28.3 Å². The van der Waals surface area contributed by atoms with Crippen molar-refractivity contribution in [2.45, 2.75) is 39.3 Å². The third-order valence-electron chi connectivity index (χ3n) is 2.34. The molecule has 0 spiro atoms. The molecule has 0 aromatic rings. The summed E-state index contributed by atoms with van der Waals surface area (Å²) in [6, 6.07) is 0. The standard InChI is InChI=1S/C9H15FO4/c1-3-6(10)4-5-9(2,7(11)12)8(13)14/h6H,3-5H2,1-2H3,(H,11,12)(H,13,14). The van der Waals surface area contributed by atoms with Crippen molar-refractivity contribution < 1.29 is 24.2 Å². The highest BCUT2D eigenvalue weighted by Gasteiger charge is 2.41. The molecule has 82 valence electrons. The molecule has 0 aliphatic carbocycles. The van der Waals surface area contributed by atoms with Crippen LogP contribution in [-0.2, 0) is 9.59 Å². The Morgan fingerprint density at radius 1 is 1.36 bits per heavy atom. The van der Waals surface area contributed by atoms with E-state index in [-0.39, 0.29) is 19.3 Å². The maximum absolute atomic E-state index is 12.8. The molecule has 0 heterocycles. The predicted molar refractivity (Wildman–Crippen MR) is 47.8 cm³/mol. The second-order valence-corrected chi connectivity index (χ2v) is 3.49. The van der Waals surface area contributed by atoms with Gasteiger partial charge < -0.3 is 10.2 Å². The van der Waals surface area contributed by atoms with Crippen molar-refractivity contribution in [1.29, 1.82) is 0 Å². The summed E-state index contributed by atoms with van der Waals surface area (Å²) in [5, 5.41) is 17.4. The van der Waals surface area contributed by atoms with E-state index in [4.69, 9.17) is 10.2 Å². The Morgan fingerprint density at radius 2 is 1.79 bits per heavy atom. The zero-order valence-electron chi connectivity index (χ0n) is 8.29. The lowest BCUT2D eigenvalue weighted by Gasteiger charge is -2.19. The first-order chi connectivity index (χ1) is 6.34. The van der Waals surface area contributed by atoms with Crippen molar-refractivity contribution in [3.63, 3.8) is 0 Å². The van der Waals surface area contributed by atoms with Crippen molar-refractivity contribution in [1.82, 2.24) is 0 Å². The zero-order valence-corrected chi connectivity index (χ0v) is 8.29. The molecule has 5 heteroatoms. The van der Waals surface area contributed by atoms with Gasteiger partial charge in [-0.3, -0.25) is 9.59 Å². The number of carboxylic acid groups (broad SMARTS) is 2. The molecule has 0 aromatic carbocycles. The smallest absolute Gasteiger partial charge is 0.320 e. The quantitative estimate of drug-likeness (QED) is 0.648. The molecule has 4 nitrogen and oxygen atoms in total.